The van der Waals surface area contributed by atoms with Gasteiger partial charge in [0.2, 0.25) is 11.7 Å². The molecule has 9 heteroatoms. The SMILES string of the molecule is Cc1nc(COc2ccc(CN3CCNCC3c3nccn3C)cc2)no1.Cl. The standard InChI is InChI=1S/C19H24N6O2.ClH/c1-14-22-18(23-27-14)13-26-16-5-3-15(4-6-16)12-25-10-7-20-11-17(25)19-21-8-9-24(19)2;/h3-6,8-9,17,20H,7,10-13H2,1-2H3;1H. The van der Waals surface area contributed by atoms with E-state index in [9.17, 15) is 0 Å². The van der Waals surface area contributed by atoms with Crippen LogP contribution >= 0.6 is 12.4 Å². The number of aryl methyl sites for hydroxylation is 2. The molecule has 8 nitrogen and oxygen atoms in total. The van der Waals surface area contributed by atoms with Crippen molar-refractivity contribution in [3.8, 4) is 5.75 Å². The number of aromatic nitrogens is 4. The number of hydrogen-bond acceptors (Lipinski definition) is 7. The summed E-state index contributed by atoms with van der Waals surface area (Å²) in [6.07, 6.45) is 3.86. The number of ether oxygens (including phenoxy) is 1. The Morgan fingerprint density at radius 2 is 2.11 bits per heavy atom. The summed E-state index contributed by atoms with van der Waals surface area (Å²) in [5.74, 6) is 2.98. The van der Waals surface area contributed by atoms with Gasteiger partial charge in [-0.25, -0.2) is 4.98 Å². The average Bonchev–Trinajstić information content (AvgIpc) is 3.30. The number of imidazole rings is 1. The van der Waals surface area contributed by atoms with Crippen molar-refractivity contribution in [3.05, 3.63) is 59.8 Å². The quantitative estimate of drug-likeness (QED) is 0.674. The van der Waals surface area contributed by atoms with Crippen LogP contribution in [0.3, 0.4) is 0 Å². The lowest BCUT2D eigenvalue weighted by Crippen LogP contribution is -2.46. The van der Waals surface area contributed by atoms with Crippen LogP contribution in [-0.2, 0) is 20.2 Å². The van der Waals surface area contributed by atoms with Crippen molar-refractivity contribution in [2.75, 3.05) is 19.6 Å². The second kappa shape index (κ2) is 9.18. The summed E-state index contributed by atoms with van der Waals surface area (Å²) in [4.78, 5) is 11.1. The normalized spacial score (nSPS) is 17.3. The molecule has 1 aliphatic rings. The molecule has 1 aliphatic heterocycles. The van der Waals surface area contributed by atoms with Gasteiger partial charge in [-0.05, 0) is 17.7 Å². The lowest BCUT2D eigenvalue weighted by atomic mass is 10.1. The van der Waals surface area contributed by atoms with E-state index >= 15 is 0 Å². The van der Waals surface area contributed by atoms with Gasteiger partial charge in [0.25, 0.3) is 0 Å². The van der Waals surface area contributed by atoms with Crippen molar-refractivity contribution >= 4 is 12.4 Å². The van der Waals surface area contributed by atoms with Gasteiger partial charge in [-0.2, -0.15) is 4.98 Å². The predicted octanol–water partition coefficient (Wildman–Crippen LogP) is 2.26. The van der Waals surface area contributed by atoms with Gasteiger partial charge in [0.1, 0.15) is 11.6 Å². The van der Waals surface area contributed by atoms with Gasteiger partial charge in [-0.1, -0.05) is 17.3 Å². The minimum atomic E-state index is 0. The van der Waals surface area contributed by atoms with Gasteiger partial charge in [-0.3, -0.25) is 4.90 Å². The number of nitrogens with zero attached hydrogens (tertiary/aromatic N) is 5. The molecule has 1 N–H and O–H groups in total. The number of halogens is 1. The van der Waals surface area contributed by atoms with Crippen LogP contribution in [0.2, 0.25) is 0 Å². The molecule has 1 fully saturated rings. The van der Waals surface area contributed by atoms with Gasteiger partial charge in [-0.15, -0.1) is 12.4 Å². The third-order valence-electron chi connectivity index (χ3n) is 4.76. The van der Waals surface area contributed by atoms with Crippen molar-refractivity contribution < 1.29 is 9.26 Å². The third kappa shape index (κ3) is 4.70. The summed E-state index contributed by atoms with van der Waals surface area (Å²) >= 11 is 0. The van der Waals surface area contributed by atoms with Crippen molar-refractivity contribution in [2.45, 2.75) is 26.1 Å². The first-order chi connectivity index (χ1) is 13.2. The van der Waals surface area contributed by atoms with E-state index in [2.05, 4.69) is 42.0 Å². The van der Waals surface area contributed by atoms with Crippen LogP contribution in [-0.4, -0.2) is 44.2 Å². The molecule has 1 saturated heterocycles. The Balaban J connectivity index is 0.00000225. The highest BCUT2D eigenvalue weighted by Crippen LogP contribution is 2.23. The average molecular weight is 405 g/mol. The maximum atomic E-state index is 5.72. The molecule has 1 unspecified atom stereocenters. The summed E-state index contributed by atoms with van der Waals surface area (Å²) in [5.41, 5.74) is 1.25. The fourth-order valence-corrected chi connectivity index (χ4v) is 3.36. The number of benzene rings is 1. The third-order valence-corrected chi connectivity index (χ3v) is 4.76. The molecular formula is C19H25ClN6O2. The first-order valence-electron chi connectivity index (χ1n) is 9.12. The highest BCUT2D eigenvalue weighted by atomic mass is 35.5. The van der Waals surface area contributed by atoms with Crippen LogP contribution in [0.1, 0.15) is 29.1 Å². The Labute approximate surface area is 170 Å². The van der Waals surface area contributed by atoms with E-state index in [0.29, 0.717) is 18.3 Å². The number of piperazine rings is 1. The van der Waals surface area contributed by atoms with E-state index in [1.165, 1.54) is 5.56 Å². The molecule has 1 atom stereocenters. The molecule has 2 aromatic heterocycles. The summed E-state index contributed by atoms with van der Waals surface area (Å²) in [6, 6.07) is 8.46. The molecule has 0 amide bonds. The maximum absolute atomic E-state index is 5.72. The Bertz CT molecular complexity index is 879. The van der Waals surface area contributed by atoms with Gasteiger partial charge >= 0.3 is 0 Å². The lowest BCUT2D eigenvalue weighted by Gasteiger charge is -2.35. The van der Waals surface area contributed by atoms with E-state index in [0.717, 1.165) is 37.8 Å². The second-order valence-corrected chi connectivity index (χ2v) is 6.75. The summed E-state index contributed by atoms with van der Waals surface area (Å²) in [6.45, 7) is 5.84. The molecule has 0 aliphatic carbocycles. The van der Waals surface area contributed by atoms with Gasteiger partial charge in [0.15, 0.2) is 6.61 Å². The highest BCUT2D eigenvalue weighted by Gasteiger charge is 2.26. The van der Waals surface area contributed by atoms with Crippen LogP contribution < -0.4 is 10.1 Å². The van der Waals surface area contributed by atoms with Crippen molar-refractivity contribution in [1.29, 1.82) is 0 Å². The molecule has 0 saturated carbocycles. The zero-order valence-corrected chi connectivity index (χ0v) is 16.9. The Hall–Kier alpha value is -2.42. The Morgan fingerprint density at radius 1 is 1.29 bits per heavy atom. The molecule has 3 heterocycles. The fourth-order valence-electron chi connectivity index (χ4n) is 3.36. The zero-order valence-electron chi connectivity index (χ0n) is 16.0. The molecule has 28 heavy (non-hydrogen) atoms. The fraction of sp³-hybridized carbons (Fsp3) is 0.421. The summed E-state index contributed by atoms with van der Waals surface area (Å²) in [5, 5.41) is 7.31. The molecular weight excluding hydrogens is 380 g/mol. The number of hydrogen-bond donors (Lipinski definition) is 1. The minimum absolute atomic E-state index is 0. The van der Waals surface area contributed by atoms with Gasteiger partial charge in [0.05, 0.1) is 6.04 Å². The smallest absolute Gasteiger partial charge is 0.223 e. The summed E-state index contributed by atoms with van der Waals surface area (Å²) < 4.78 is 12.8. The second-order valence-electron chi connectivity index (χ2n) is 6.75. The topological polar surface area (TPSA) is 81.2 Å². The van der Waals surface area contributed by atoms with Crippen LogP contribution in [0.5, 0.6) is 5.75 Å². The van der Waals surface area contributed by atoms with E-state index in [-0.39, 0.29) is 18.4 Å². The Morgan fingerprint density at radius 3 is 2.79 bits per heavy atom. The van der Waals surface area contributed by atoms with Gasteiger partial charge in [0, 0.05) is 52.5 Å². The largest absolute Gasteiger partial charge is 0.485 e. The Kier molecular flexibility index (Phi) is 6.66. The van der Waals surface area contributed by atoms with E-state index in [1.54, 1.807) is 6.92 Å². The first kappa shape index (κ1) is 20.3. The highest BCUT2D eigenvalue weighted by molar-refractivity contribution is 5.85. The molecule has 0 spiro atoms. The van der Waals surface area contributed by atoms with E-state index in [4.69, 9.17) is 9.26 Å². The van der Waals surface area contributed by atoms with Crippen molar-refractivity contribution in [1.82, 2.24) is 29.9 Å². The molecule has 3 aromatic rings. The first-order valence-corrected chi connectivity index (χ1v) is 9.12. The maximum Gasteiger partial charge on any atom is 0.223 e. The summed E-state index contributed by atoms with van der Waals surface area (Å²) in [7, 11) is 2.05. The number of nitrogens with one attached hydrogen (secondary N) is 1. The van der Waals surface area contributed by atoms with Crippen LogP contribution in [0.4, 0.5) is 0 Å². The monoisotopic (exact) mass is 404 g/mol. The van der Waals surface area contributed by atoms with Crippen molar-refractivity contribution in [3.63, 3.8) is 0 Å². The minimum Gasteiger partial charge on any atom is -0.485 e. The van der Waals surface area contributed by atoms with Crippen LogP contribution in [0.15, 0.2) is 41.2 Å². The van der Waals surface area contributed by atoms with Crippen molar-refractivity contribution in [2.24, 2.45) is 7.05 Å². The zero-order chi connectivity index (χ0) is 18.6. The van der Waals surface area contributed by atoms with Gasteiger partial charge < -0.3 is 19.1 Å². The van der Waals surface area contributed by atoms with E-state index < -0.39 is 0 Å². The molecule has 0 radical (unpaired) electrons. The van der Waals surface area contributed by atoms with Crippen LogP contribution in [0, 0.1) is 6.92 Å². The molecule has 4 rings (SSSR count). The predicted molar refractivity (Wildman–Crippen MR) is 106 cm³/mol. The molecule has 0 bridgehead atoms. The van der Waals surface area contributed by atoms with Crippen LogP contribution in [0.25, 0.3) is 0 Å². The molecule has 1 aromatic carbocycles. The number of rotatable bonds is 6. The molecule has 150 valence electrons. The van der Waals surface area contributed by atoms with E-state index in [1.807, 2.05) is 31.6 Å². The lowest BCUT2D eigenvalue weighted by molar-refractivity contribution is 0.144.